The molecule has 0 saturated heterocycles. The Bertz CT molecular complexity index is 951. The monoisotopic (exact) mass is 430 g/mol. The maximum Gasteiger partial charge on any atom is 0.265 e. The number of nitrogens with one attached hydrogen (secondary N) is 2. The highest BCUT2D eigenvalue weighted by atomic mass is 32.2. The highest BCUT2D eigenvalue weighted by Gasteiger charge is 2.22. The molecule has 2 aromatic rings. The molecule has 1 atom stereocenters. The first-order valence-electron chi connectivity index (χ1n) is 10.5. The van der Waals surface area contributed by atoms with E-state index in [1.165, 1.54) is 18.6 Å². The van der Waals surface area contributed by atoms with Crippen LogP contribution in [0.3, 0.4) is 0 Å². The maximum absolute atomic E-state index is 12.6. The molecule has 6 nitrogen and oxygen atoms in total. The SMILES string of the molecule is CCC(Oc1cccc(C)c1)C(=O)Nc1ccc(S(=O)(=O)NC2CCCCC2)cc1. The number of sulfonamides is 1. The van der Waals surface area contributed by atoms with Gasteiger partial charge >= 0.3 is 0 Å². The van der Waals surface area contributed by atoms with Crippen LogP contribution in [0.5, 0.6) is 5.75 Å². The maximum atomic E-state index is 12.6. The van der Waals surface area contributed by atoms with Crippen LogP contribution >= 0.6 is 0 Å². The third-order valence-corrected chi connectivity index (χ3v) is 6.83. The summed E-state index contributed by atoms with van der Waals surface area (Å²) >= 11 is 0. The topological polar surface area (TPSA) is 84.5 Å². The van der Waals surface area contributed by atoms with Gasteiger partial charge in [-0.1, -0.05) is 38.3 Å². The second-order valence-electron chi connectivity index (χ2n) is 7.80. The zero-order valence-corrected chi connectivity index (χ0v) is 18.4. The predicted octanol–water partition coefficient (Wildman–Crippen LogP) is 4.40. The summed E-state index contributed by atoms with van der Waals surface area (Å²) in [5.74, 6) is 0.377. The Morgan fingerprint density at radius 1 is 1.10 bits per heavy atom. The van der Waals surface area contributed by atoms with Crippen LogP contribution in [0.25, 0.3) is 0 Å². The smallest absolute Gasteiger partial charge is 0.265 e. The van der Waals surface area contributed by atoms with Gasteiger partial charge in [0.15, 0.2) is 6.10 Å². The quantitative estimate of drug-likeness (QED) is 0.650. The number of anilines is 1. The van der Waals surface area contributed by atoms with Gasteiger partial charge in [0.2, 0.25) is 10.0 Å². The lowest BCUT2D eigenvalue weighted by atomic mass is 9.96. The number of hydrogen-bond donors (Lipinski definition) is 2. The minimum absolute atomic E-state index is 0.00668. The van der Waals surface area contributed by atoms with Crippen LogP contribution in [0, 0.1) is 6.92 Å². The molecule has 0 radical (unpaired) electrons. The third kappa shape index (κ3) is 6.06. The van der Waals surface area contributed by atoms with Gasteiger partial charge in [0.05, 0.1) is 4.90 Å². The molecule has 1 fully saturated rings. The summed E-state index contributed by atoms with van der Waals surface area (Å²) in [7, 11) is -3.56. The number of benzene rings is 2. The number of hydrogen-bond acceptors (Lipinski definition) is 4. The number of aryl methyl sites for hydroxylation is 1. The Kier molecular flexibility index (Phi) is 7.50. The standard InChI is InChI=1S/C23H30N2O4S/c1-3-22(29-20-11-7-8-17(2)16-20)23(26)24-18-12-14-21(15-13-18)30(27,28)25-19-9-5-4-6-10-19/h7-8,11-16,19,22,25H,3-6,9-10H2,1-2H3,(H,24,26). The van der Waals surface area contributed by atoms with E-state index < -0.39 is 16.1 Å². The van der Waals surface area contributed by atoms with Crippen molar-refractivity contribution in [2.45, 2.75) is 69.4 Å². The lowest BCUT2D eigenvalue weighted by Crippen LogP contribution is -2.36. The van der Waals surface area contributed by atoms with Gasteiger partial charge in [0, 0.05) is 11.7 Å². The van der Waals surface area contributed by atoms with Crippen LogP contribution in [0.4, 0.5) is 5.69 Å². The minimum Gasteiger partial charge on any atom is -0.481 e. The van der Waals surface area contributed by atoms with Crippen LogP contribution in [0.2, 0.25) is 0 Å². The molecule has 0 heterocycles. The largest absolute Gasteiger partial charge is 0.481 e. The van der Waals surface area contributed by atoms with E-state index in [2.05, 4.69) is 10.0 Å². The normalized spacial score (nSPS) is 16.1. The van der Waals surface area contributed by atoms with E-state index in [-0.39, 0.29) is 16.8 Å². The van der Waals surface area contributed by atoms with E-state index in [0.717, 1.165) is 31.2 Å². The van der Waals surface area contributed by atoms with Gasteiger partial charge in [-0.05, 0) is 68.1 Å². The molecule has 1 amide bonds. The number of rotatable bonds is 8. The molecule has 1 aliphatic carbocycles. The van der Waals surface area contributed by atoms with E-state index in [9.17, 15) is 13.2 Å². The van der Waals surface area contributed by atoms with E-state index >= 15 is 0 Å². The fourth-order valence-corrected chi connectivity index (χ4v) is 4.93. The van der Waals surface area contributed by atoms with Crippen LogP contribution in [0.15, 0.2) is 53.4 Å². The lowest BCUT2D eigenvalue weighted by Gasteiger charge is -2.22. The highest BCUT2D eigenvalue weighted by molar-refractivity contribution is 7.89. The molecule has 1 saturated carbocycles. The Hall–Kier alpha value is -2.38. The molecule has 30 heavy (non-hydrogen) atoms. The van der Waals surface area contributed by atoms with Crippen molar-refractivity contribution < 1.29 is 17.9 Å². The third-order valence-electron chi connectivity index (χ3n) is 5.29. The Labute approximate surface area is 179 Å². The summed E-state index contributed by atoms with van der Waals surface area (Å²) in [4.78, 5) is 12.8. The van der Waals surface area contributed by atoms with Gasteiger partial charge in [-0.2, -0.15) is 0 Å². The van der Waals surface area contributed by atoms with E-state index in [1.54, 1.807) is 12.1 Å². The van der Waals surface area contributed by atoms with Gasteiger partial charge < -0.3 is 10.1 Å². The van der Waals surface area contributed by atoms with Crippen LogP contribution in [-0.4, -0.2) is 26.5 Å². The van der Waals surface area contributed by atoms with E-state index in [0.29, 0.717) is 17.9 Å². The Morgan fingerprint density at radius 3 is 2.43 bits per heavy atom. The van der Waals surface area contributed by atoms with Crippen molar-refractivity contribution in [3.05, 3.63) is 54.1 Å². The predicted molar refractivity (Wildman–Crippen MR) is 118 cm³/mol. The molecule has 0 bridgehead atoms. The van der Waals surface area contributed by atoms with Crippen molar-refractivity contribution >= 4 is 21.6 Å². The van der Waals surface area contributed by atoms with Crippen molar-refractivity contribution in [1.82, 2.24) is 4.72 Å². The molecule has 2 aromatic carbocycles. The summed E-state index contributed by atoms with van der Waals surface area (Å²) in [5, 5.41) is 2.81. The number of amides is 1. The molecule has 0 spiro atoms. The summed E-state index contributed by atoms with van der Waals surface area (Å²) in [6.07, 6.45) is 4.92. The fraction of sp³-hybridized carbons (Fsp3) is 0.435. The first-order chi connectivity index (χ1) is 14.4. The molecule has 162 valence electrons. The summed E-state index contributed by atoms with van der Waals surface area (Å²) in [6.45, 7) is 3.85. The molecule has 0 aromatic heterocycles. The van der Waals surface area contributed by atoms with Crippen molar-refractivity contribution in [3.8, 4) is 5.75 Å². The van der Waals surface area contributed by atoms with Crippen molar-refractivity contribution in [1.29, 1.82) is 0 Å². The molecule has 1 unspecified atom stereocenters. The summed E-state index contributed by atoms with van der Waals surface area (Å²) in [6, 6.07) is 13.8. The molecule has 0 aliphatic heterocycles. The zero-order chi connectivity index (χ0) is 21.6. The average molecular weight is 431 g/mol. The molecule has 3 rings (SSSR count). The Morgan fingerprint density at radius 2 is 1.80 bits per heavy atom. The second kappa shape index (κ2) is 10.1. The molecule has 1 aliphatic rings. The summed E-state index contributed by atoms with van der Waals surface area (Å²) < 4.78 is 33.8. The number of carbonyl (C=O) groups excluding carboxylic acids is 1. The van der Waals surface area contributed by atoms with Gasteiger partial charge in [-0.25, -0.2) is 13.1 Å². The van der Waals surface area contributed by atoms with Crippen LogP contribution in [0.1, 0.15) is 51.0 Å². The van der Waals surface area contributed by atoms with Gasteiger partial charge in [0.1, 0.15) is 5.75 Å². The lowest BCUT2D eigenvalue weighted by molar-refractivity contribution is -0.122. The zero-order valence-electron chi connectivity index (χ0n) is 17.6. The van der Waals surface area contributed by atoms with Crippen LogP contribution < -0.4 is 14.8 Å². The average Bonchev–Trinajstić information content (AvgIpc) is 2.73. The molecular weight excluding hydrogens is 400 g/mol. The Balaban J connectivity index is 1.61. The number of ether oxygens (including phenoxy) is 1. The van der Waals surface area contributed by atoms with Crippen molar-refractivity contribution in [3.63, 3.8) is 0 Å². The van der Waals surface area contributed by atoms with Crippen LogP contribution in [-0.2, 0) is 14.8 Å². The molecular formula is C23H30N2O4S. The fourth-order valence-electron chi connectivity index (χ4n) is 3.62. The molecule has 7 heteroatoms. The second-order valence-corrected chi connectivity index (χ2v) is 9.52. The van der Waals surface area contributed by atoms with Gasteiger partial charge in [-0.15, -0.1) is 0 Å². The minimum atomic E-state index is -3.56. The van der Waals surface area contributed by atoms with Gasteiger partial charge in [0.25, 0.3) is 5.91 Å². The van der Waals surface area contributed by atoms with Gasteiger partial charge in [-0.3, -0.25) is 4.79 Å². The van der Waals surface area contributed by atoms with Crippen molar-refractivity contribution in [2.75, 3.05) is 5.32 Å². The molecule has 2 N–H and O–H groups in total. The first-order valence-corrected chi connectivity index (χ1v) is 12.0. The van der Waals surface area contributed by atoms with E-state index in [1.807, 2.05) is 38.1 Å². The van der Waals surface area contributed by atoms with Crippen molar-refractivity contribution in [2.24, 2.45) is 0 Å². The summed E-state index contributed by atoms with van der Waals surface area (Å²) in [5.41, 5.74) is 1.59. The van der Waals surface area contributed by atoms with E-state index in [4.69, 9.17) is 4.74 Å². The number of carbonyl (C=O) groups is 1. The first kappa shape index (κ1) is 22.3. The highest BCUT2D eigenvalue weighted by Crippen LogP contribution is 2.21.